The Bertz CT molecular complexity index is 913. The minimum Gasteiger partial charge on any atom is -0.368 e. The van der Waals surface area contributed by atoms with Crippen molar-refractivity contribution in [3.63, 3.8) is 0 Å². The zero-order chi connectivity index (χ0) is 18.2. The summed E-state index contributed by atoms with van der Waals surface area (Å²) in [6, 6.07) is 10.7. The number of anilines is 1. The lowest BCUT2D eigenvalue weighted by molar-refractivity contribution is 0.496. The van der Waals surface area contributed by atoms with Gasteiger partial charge >= 0.3 is 0 Å². The van der Waals surface area contributed by atoms with E-state index in [1.54, 1.807) is 6.20 Å². The van der Waals surface area contributed by atoms with Gasteiger partial charge < -0.3 is 5.73 Å². The molecule has 0 amide bonds. The van der Waals surface area contributed by atoms with Crippen LogP contribution in [0.1, 0.15) is 56.1 Å². The molecule has 4 nitrogen and oxygen atoms in total. The van der Waals surface area contributed by atoms with Gasteiger partial charge in [-0.2, -0.15) is 0 Å². The fourth-order valence-corrected chi connectivity index (χ4v) is 3.50. The molecule has 0 spiro atoms. The molecule has 2 N–H and O–H groups in total. The number of pyridine rings is 1. The summed E-state index contributed by atoms with van der Waals surface area (Å²) < 4.78 is 0. The summed E-state index contributed by atoms with van der Waals surface area (Å²) in [5.41, 5.74) is 11.1. The van der Waals surface area contributed by atoms with E-state index in [1.165, 1.54) is 10.9 Å². The second kappa shape index (κ2) is 6.43. The number of hydrogen-bond acceptors (Lipinski definition) is 4. The van der Waals surface area contributed by atoms with Gasteiger partial charge in [0.15, 0.2) is 0 Å². The highest BCUT2D eigenvalue weighted by Gasteiger charge is 2.26. The van der Waals surface area contributed by atoms with Crippen molar-refractivity contribution in [2.45, 2.75) is 52.4 Å². The Morgan fingerprint density at radius 3 is 2.56 bits per heavy atom. The van der Waals surface area contributed by atoms with Crippen LogP contribution >= 0.6 is 0 Å². The van der Waals surface area contributed by atoms with E-state index in [1.807, 2.05) is 6.92 Å². The van der Waals surface area contributed by atoms with Gasteiger partial charge in [-0.3, -0.25) is 4.98 Å². The molecule has 25 heavy (non-hydrogen) atoms. The average Bonchev–Trinajstić information content (AvgIpc) is 2.55. The maximum absolute atomic E-state index is 5.80. The molecule has 0 atom stereocenters. The van der Waals surface area contributed by atoms with Gasteiger partial charge in [0.2, 0.25) is 5.95 Å². The molecule has 0 fully saturated rings. The Morgan fingerprint density at radius 1 is 1.08 bits per heavy atom. The Balaban J connectivity index is 1.98. The first-order chi connectivity index (χ1) is 11.8. The van der Waals surface area contributed by atoms with E-state index >= 15 is 0 Å². The largest absolute Gasteiger partial charge is 0.368 e. The van der Waals surface area contributed by atoms with E-state index in [0.717, 1.165) is 28.9 Å². The Hall–Kier alpha value is -2.49. The van der Waals surface area contributed by atoms with Gasteiger partial charge in [0.1, 0.15) is 0 Å². The maximum atomic E-state index is 5.80. The lowest BCUT2D eigenvalue weighted by Crippen LogP contribution is -2.25. The Kier molecular flexibility index (Phi) is 4.46. The molecular formula is C21H26N4. The minimum absolute atomic E-state index is 0.169. The molecule has 0 bridgehead atoms. The van der Waals surface area contributed by atoms with E-state index in [9.17, 15) is 0 Å². The summed E-state index contributed by atoms with van der Waals surface area (Å²) in [4.78, 5) is 13.5. The summed E-state index contributed by atoms with van der Waals surface area (Å²) in [5.74, 6) is 0.807. The van der Waals surface area contributed by atoms with Crippen LogP contribution in [0.4, 0.5) is 5.95 Å². The van der Waals surface area contributed by atoms with Crippen molar-refractivity contribution < 1.29 is 0 Å². The molecule has 130 valence electrons. The molecule has 0 unspecified atom stereocenters. The molecule has 0 saturated heterocycles. The van der Waals surface area contributed by atoms with Crippen LogP contribution in [0, 0.1) is 6.92 Å². The third kappa shape index (κ3) is 3.48. The summed E-state index contributed by atoms with van der Waals surface area (Å²) in [6.45, 7) is 10.8. The first-order valence-corrected chi connectivity index (χ1v) is 8.76. The zero-order valence-electron chi connectivity index (χ0n) is 15.7. The Morgan fingerprint density at radius 2 is 1.84 bits per heavy atom. The van der Waals surface area contributed by atoms with Crippen molar-refractivity contribution in [3.8, 4) is 0 Å². The van der Waals surface area contributed by atoms with Gasteiger partial charge in [0.05, 0.1) is 11.2 Å². The van der Waals surface area contributed by atoms with Crippen molar-refractivity contribution >= 4 is 16.9 Å². The number of aryl methyl sites for hydroxylation is 1. The monoisotopic (exact) mass is 334 g/mol. The van der Waals surface area contributed by atoms with Crippen LogP contribution in [-0.4, -0.2) is 15.0 Å². The molecule has 0 saturated carbocycles. The SMILES string of the molecule is Cc1cnc(N)nc1C(C)(C)Cc1ccc2c(C(C)C)cccc2n1. The van der Waals surface area contributed by atoms with Crippen LogP contribution in [-0.2, 0) is 11.8 Å². The predicted octanol–water partition coefficient (Wildman–Crippen LogP) is 4.56. The zero-order valence-corrected chi connectivity index (χ0v) is 15.7. The number of aromatic nitrogens is 3. The molecule has 0 aliphatic carbocycles. The van der Waals surface area contributed by atoms with Crippen LogP contribution in [0.3, 0.4) is 0 Å². The van der Waals surface area contributed by atoms with Gasteiger partial charge in [-0.1, -0.05) is 45.9 Å². The molecule has 2 aromatic heterocycles. The number of benzene rings is 1. The number of hydrogen-bond donors (Lipinski definition) is 1. The summed E-state index contributed by atoms with van der Waals surface area (Å²) in [6.07, 6.45) is 2.59. The van der Waals surface area contributed by atoms with Crippen LogP contribution in [0.2, 0.25) is 0 Å². The summed E-state index contributed by atoms with van der Waals surface area (Å²) in [5, 5.41) is 1.24. The fraction of sp³-hybridized carbons (Fsp3) is 0.381. The number of rotatable bonds is 4. The van der Waals surface area contributed by atoms with Gasteiger partial charge in [-0.05, 0) is 36.1 Å². The van der Waals surface area contributed by atoms with Gasteiger partial charge in [0.25, 0.3) is 0 Å². The third-order valence-corrected chi connectivity index (χ3v) is 4.70. The highest BCUT2D eigenvalue weighted by Crippen LogP contribution is 2.30. The van der Waals surface area contributed by atoms with Crippen LogP contribution in [0.5, 0.6) is 0 Å². The minimum atomic E-state index is -0.169. The normalized spacial score (nSPS) is 12.1. The van der Waals surface area contributed by atoms with Gasteiger partial charge in [-0.25, -0.2) is 9.97 Å². The van der Waals surface area contributed by atoms with Gasteiger partial charge in [0, 0.05) is 29.1 Å². The predicted molar refractivity (Wildman–Crippen MR) is 104 cm³/mol. The molecule has 1 aromatic carbocycles. The van der Waals surface area contributed by atoms with Crippen molar-refractivity contribution in [2.24, 2.45) is 0 Å². The van der Waals surface area contributed by atoms with Gasteiger partial charge in [-0.15, -0.1) is 0 Å². The van der Waals surface area contributed by atoms with Crippen LogP contribution < -0.4 is 5.73 Å². The molecule has 3 aromatic rings. The summed E-state index contributed by atoms with van der Waals surface area (Å²) >= 11 is 0. The first-order valence-electron chi connectivity index (χ1n) is 8.76. The fourth-order valence-electron chi connectivity index (χ4n) is 3.50. The number of nitrogen functional groups attached to an aromatic ring is 1. The van der Waals surface area contributed by atoms with E-state index in [4.69, 9.17) is 10.7 Å². The highest BCUT2D eigenvalue weighted by atomic mass is 15.0. The number of nitrogens with two attached hydrogens (primary N) is 1. The molecular weight excluding hydrogens is 308 g/mol. The lowest BCUT2D eigenvalue weighted by Gasteiger charge is -2.25. The summed E-state index contributed by atoms with van der Waals surface area (Å²) in [7, 11) is 0. The van der Waals surface area contributed by atoms with Crippen molar-refractivity contribution in [1.82, 2.24) is 15.0 Å². The molecule has 0 aliphatic heterocycles. The highest BCUT2D eigenvalue weighted by molar-refractivity contribution is 5.82. The number of fused-ring (bicyclic) bond motifs is 1. The molecule has 2 heterocycles. The van der Waals surface area contributed by atoms with Crippen molar-refractivity contribution in [2.75, 3.05) is 5.73 Å². The second-order valence-electron chi connectivity index (χ2n) is 7.69. The van der Waals surface area contributed by atoms with Crippen LogP contribution in [0.25, 0.3) is 10.9 Å². The van der Waals surface area contributed by atoms with E-state index in [2.05, 4.69) is 68.0 Å². The smallest absolute Gasteiger partial charge is 0.220 e. The Labute approximate surface area is 149 Å². The quantitative estimate of drug-likeness (QED) is 0.759. The molecule has 0 aliphatic rings. The molecule has 0 radical (unpaired) electrons. The second-order valence-corrected chi connectivity index (χ2v) is 7.69. The first kappa shape index (κ1) is 17.3. The van der Waals surface area contributed by atoms with E-state index in [-0.39, 0.29) is 5.41 Å². The van der Waals surface area contributed by atoms with Crippen LogP contribution in [0.15, 0.2) is 36.5 Å². The van der Waals surface area contributed by atoms with Crippen molar-refractivity contribution in [1.29, 1.82) is 0 Å². The average molecular weight is 334 g/mol. The lowest BCUT2D eigenvalue weighted by atomic mass is 9.82. The molecule has 3 rings (SSSR count). The van der Waals surface area contributed by atoms with E-state index in [0.29, 0.717) is 11.9 Å². The number of nitrogens with zero attached hydrogens (tertiary/aromatic N) is 3. The maximum Gasteiger partial charge on any atom is 0.220 e. The topological polar surface area (TPSA) is 64.7 Å². The molecule has 4 heteroatoms. The third-order valence-electron chi connectivity index (χ3n) is 4.70. The van der Waals surface area contributed by atoms with E-state index < -0.39 is 0 Å². The standard InChI is InChI=1S/C21H26N4/c1-13(2)16-7-6-8-18-17(16)10-9-15(24-18)11-21(4,5)19-14(3)12-23-20(22)25-19/h6-10,12-13H,11H2,1-5H3,(H2,22,23,25). The van der Waals surface area contributed by atoms with Crippen molar-refractivity contribution in [3.05, 3.63) is 59.0 Å².